The van der Waals surface area contributed by atoms with Gasteiger partial charge in [-0.15, -0.1) is 0 Å². The maximum absolute atomic E-state index is 9.45. The molecule has 0 radical (unpaired) electrons. The molecule has 0 aromatic heterocycles. The van der Waals surface area contributed by atoms with Gasteiger partial charge in [-0.25, -0.2) is 0 Å². The molecule has 3 rings (SSSR count). The van der Waals surface area contributed by atoms with Crippen molar-refractivity contribution in [3.05, 3.63) is 29.3 Å². The fraction of sp³-hybridized carbons (Fsp3) is 0.647. The van der Waals surface area contributed by atoms with E-state index >= 15 is 0 Å². The number of fused-ring (bicyclic) bond motifs is 1. The molecule has 1 aromatic rings. The van der Waals surface area contributed by atoms with Crippen LogP contribution in [0.15, 0.2) is 18.2 Å². The second-order valence-corrected chi connectivity index (χ2v) is 6.37. The number of hydrogen-bond donors (Lipinski definition) is 1. The Hall–Kier alpha value is -1.10. The molecule has 21 heavy (non-hydrogen) atoms. The largest absolute Gasteiger partial charge is 0.496 e. The molecule has 0 amide bonds. The molecular weight excluding hydrogens is 264 g/mol. The zero-order valence-corrected chi connectivity index (χ0v) is 13.1. The fourth-order valence-electron chi connectivity index (χ4n) is 3.76. The number of ether oxygens (including phenoxy) is 1. The number of nitrogens with zero attached hydrogens (tertiary/aromatic N) is 2. The Morgan fingerprint density at radius 2 is 2.19 bits per heavy atom. The molecule has 0 bridgehead atoms. The summed E-state index contributed by atoms with van der Waals surface area (Å²) in [4.78, 5) is 5.23. The van der Waals surface area contributed by atoms with Gasteiger partial charge in [-0.05, 0) is 44.0 Å². The van der Waals surface area contributed by atoms with Crippen LogP contribution in [0.5, 0.6) is 5.75 Å². The van der Waals surface area contributed by atoms with Gasteiger partial charge in [0.2, 0.25) is 0 Å². The molecule has 0 spiro atoms. The van der Waals surface area contributed by atoms with E-state index in [9.17, 15) is 5.11 Å². The van der Waals surface area contributed by atoms with E-state index in [0.717, 1.165) is 23.9 Å². The molecule has 2 atom stereocenters. The van der Waals surface area contributed by atoms with Gasteiger partial charge in [0.25, 0.3) is 0 Å². The van der Waals surface area contributed by atoms with Crippen LogP contribution in [-0.4, -0.2) is 53.7 Å². The van der Waals surface area contributed by atoms with Crippen LogP contribution in [0.4, 0.5) is 0 Å². The minimum absolute atomic E-state index is 0.0307. The van der Waals surface area contributed by atoms with Gasteiger partial charge in [0.05, 0.1) is 13.7 Å². The van der Waals surface area contributed by atoms with Gasteiger partial charge in [-0.2, -0.15) is 0 Å². The monoisotopic (exact) mass is 290 g/mol. The van der Waals surface area contributed by atoms with Crippen molar-refractivity contribution < 1.29 is 9.84 Å². The van der Waals surface area contributed by atoms with E-state index in [2.05, 4.69) is 28.9 Å². The lowest BCUT2D eigenvalue weighted by molar-refractivity contribution is 0.0540. The summed E-state index contributed by atoms with van der Waals surface area (Å²) in [7, 11) is 1.65. The lowest BCUT2D eigenvalue weighted by atomic mass is 10.0. The Labute approximate surface area is 127 Å². The molecular formula is C17H26N2O2. The molecule has 2 aliphatic heterocycles. The van der Waals surface area contributed by atoms with Crippen molar-refractivity contribution in [3.63, 3.8) is 0 Å². The number of aliphatic hydroxyl groups is 1. The highest BCUT2D eigenvalue weighted by Gasteiger charge is 2.34. The van der Waals surface area contributed by atoms with Crippen LogP contribution >= 0.6 is 0 Å². The fourth-order valence-corrected chi connectivity index (χ4v) is 3.76. The van der Waals surface area contributed by atoms with Crippen molar-refractivity contribution in [2.45, 2.75) is 45.0 Å². The second-order valence-electron chi connectivity index (χ2n) is 6.37. The van der Waals surface area contributed by atoms with Gasteiger partial charge < -0.3 is 9.84 Å². The van der Waals surface area contributed by atoms with Crippen LogP contribution in [0.1, 0.15) is 30.9 Å². The van der Waals surface area contributed by atoms with E-state index in [-0.39, 0.29) is 6.61 Å². The Kier molecular flexibility index (Phi) is 4.48. The Morgan fingerprint density at radius 1 is 1.33 bits per heavy atom. The van der Waals surface area contributed by atoms with Crippen molar-refractivity contribution in [1.29, 1.82) is 0 Å². The number of hydrogen-bond acceptors (Lipinski definition) is 4. The minimum atomic E-state index is 0.0307. The van der Waals surface area contributed by atoms with Crippen LogP contribution in [0.25, 0.3) is 0 Å². The van der Waals surface area contributed by atoms with E-state index in [1.807, 2.05) is 6.07 Å². The van der Waals surface area contributed by atoms with Gasteiger partial charge in [-0.1, -0.05) is 6.07 Å². The van der Waals surface area contributed by atoms with Gasteiger partial charge >= 0.3 is 0 Å². The third-order valence-electron chi connectivity index (χ3n) is 4.97. The topological polar surface area (TPSA) is 35.9 Å². The number of aliphatic hydroxyl groups excluding tert-OH is 1. The Morgan fingerprint density at radius 3 is 2.95 bits per heavy atom. The van der Waals surface area contributed by atoms with Gasteiger partial charge in [0.1, 0.15) is 5.75 Å². The van der Waals surface area contributed by atoms with Crippen LogP contribution in [0, 0.1) is 0 Å². The highest BCUT2D eigenvalue weighted by Crippen LogP contribution is 2.27. The molecule has 2 fully saturated rings. The summed E-state index contributed by atoms with van der Waals surface area (Å²) < 4.78 is 5.28. The number of methoxy groups -OCH3 is 1. The van der Waals surface area contributed by atoms with Crippen molar-refractivity contribution in [2.24, 2.45) is 0 Å². The van der Waals surface area contributed by atoms with Gasteiger partial charge in [-0.3, -0.25) is 9.80 Å². The molecule has 4 nitrogen and oxygen atoms in total. The van der Waals surface area contributed by atoms with E-state index in [0.29, 0.717) is 6.04 Å². The van der Waals surface area contributed by atoms with E-state index in [4.69, 9.17) is 4.74 Å². The predicted octanol–water partition coefficient (Wildman–Crippen LogP) is 1.86. The zero-order valence-electron chi connectivity index (χ0n) is 13.1. The maximum atomic E-state index is 9.45. The first kappa shape index (κ1) is 14.8. The Bertz CT molecular complexity index is 492. The third kappa shape index (κ3) is 3.07. The molecule has 0 unspecified atom stereocenters. The average molecular weight is 290 g/mol. The highest BCUT2D eigenvalue weighted by atomic mass is 16.5. The van der Waals surface area contributed by atoms with Crippen molar-refractivity contribution in [2.75, 3.05) is 26.7 Å². The lowest BCUT2D eigenvalue weighted by Gasteiger charge is -2.42. The van der Waals surface area contributed by atoms with Gasteiger partial charge in [0.15, 0.2) is 0 Å². The van der Waals surface area contributed by atoms with Crippen molar-refractivity contribution in [3.8, 4) is 5.75 Å². The smallest absolute Gasteiger partial charge is 0.124 e. The maximum Gasteiger partial charge on any atom is 0.124 e. The second kappa shape index (κ2) is 6.34. The van der Waals surface area contributed by atoms with Gasteiger partial charge in [0, 0.05) is 37.3 Å². The SMILES string of the molecule is COc1ccc(CN2C[C@H]3CCCN3C[C@H]2C)cc1CO. The molecule has 1 aromatic carbocycles. The van der Waals surface area contributed by atoms with E-state index in [1.54, 1.807) is 7.11 Å². The Balaban J connectivity index is 1.70. The van der Waals surface area contributed by atoms with Crippen LogP contribution in [-0.2, 0) is 13.2 Å². The summed E-state index contributed by atoms with van der Waals surface area (Å²) in [6, 6.07) is 7.51. The minimum Gasteiger partial charge on any atom is -0.496 e. The molecule has 0 aliphatic carbocycles. The summed E-state index contributed by atoms with van der Waals surface area (Å²) in [5, 5.41) is 9.45. The normalized spacial score (nSPS) is 26.8. The standard InChI is InChI=1S/C17H26N2O2/c1-13-9-18-7-3-4-16(18)11-19(13)10-14-5-6-17(21-2)15(8-14)12-20/h5-6,8,13,16,20H,3-4,7,9-12H2,1-2H3/t13-,16-/m1/s1. The van der Waals surface area contributed by atoms with Crippen molar-refractivity contribution >= 4 is 0 Å². The molecule has 2 saturated heterocycles. The summed E-state index contributed by atoms with van der Waals surface area (Å²) >= 11 is 0. The van der Waals surface area contributed by atoms with E-state index < -0.39 is 0 Å². The van der Waals surface area contributed by atoms with Crippen LogP contribution in [0.3, 0.4) is 0 Å². The summed E-state index contributed by atoms with van der Waals surface area (Å²) in [6.07, 6.45) is 2.69. The zero-order chi connectivity index (χ0) is 14.8. The first-order chi connectivity index (χ1) is 10.2. The molecule has 1 N–H and O–H groups in total. The summed E-state index contributed by atoms with van der Waals surface area (Å²) in [5.41, 5.74) is 2.14. The number of rotatable bonds is 4. The van der Waals surface area contributed by atoms with E-state index in [1.165, 1.54) is 38.0 Å². The number of piperazine rings is 1. The lowest BCUT2D eigenvalue weighted by Crippen LogP contribution is -2.54. The molecule has 2 aliphatic rings. The van der Waals surface area contributed by atoms with Crippen LogP contribution < -0.4 is 4.74 Å². The molecule has 4 heteroatoms. The average Bonchev–Trinajstić information content (AvgIpc) is 2.94. The summed E-state index contributed by atoms with van der Waals surface area (Å²) in [5.74, 6) is 0.773. The first-order valence-corrected chi connectivity index (χ1v) is 7.96. The first-order valence-electron chi connectivity index (χ1n) is 7.96. The van der Waals surface area contributed by atoms with Crippen LogP contribution in [0.2, 0.25) is 0 Å². The highest BCUT2D eigenvalue weighted by molar-refractivity contribution is 5.36. The number of benzene rings is 1. The molecule has 116 valence electrons. The molecule has 0 saturated carbocycles. The summed E-state index contributed by atoms with van der Waals surface area (Å²) in [6.45, 7) is 6.95. The third-order valence-corrected chi connectivity index (χ3v) is 4.97. The molecule has 2 heterocycles. The predicted molar refractivity (Wildman–Crippen MR) is 83.4 cm³/mol. The quantitative estimate of drug-likeness (QED) is 0.918. The van der Waals surface area contributed by atoms with Crippen molar-refractivity contribution in [1.82, 2.24) is 9.80 Å².